The number of aromatic nitrogens is 2. The van der Waals surface area contributed by atoms with E-state index in [0.29, 0.717) is 11.2 Å². The summed E-state index contributed by atoms with van der Waals surface area (Å²) in [4.78, 5) is 31.3. The molecule has 22 heavy (non-hydrogen) atoms. The molecule has 0 aliphatic carbocycles. The second kappa shape index (κ2) is 5.96. The molecule has 6 heteroatoms. The minimum atomic E-state index is -0.241. The van der Waals surface area contributed by atoms with Crippen LogP contribution in [0.1, 0.15) is 26.7 Å². The number of carbonyl (C=O) groups excluding carboxylic acids is 1. The molecule has 1 saturated heterocycles. The predicted molar refractivity (Wildman–Crippen MR) is 87.0 cm³/mol. The van der Waals surface area contributed by atoms with Gasteiger partial charge in [-0.1, -0.05) is 6.92 Å². The summed E-state index contributed by atoms with van der Waals surface area (Å²) in [5.41, 5.74) is 1.89. The Labute approximate surface area is 128 Å². The zero-order valence-corrected chi connectivity index (χ0v) is 13.0. The molecule has 1 fully saturated rings. The van der Waals surface area contributed by atoms with Gasteiger partial charge in [-0.3, -0.25) is 9.69 Å². The number of piperidine rings is 1. The molecule has 3 N–H and O–H groups in total. The van der Waals surface area contributed by atoms with Crippen molar-refractivity contribution in [2.24, 2.45) is 5.92 Å². The van der Waals surface area contributed by atoms with E-state index in [4.69, 9.17) is 0 Å². The quantitative estimate of drug-likeness (QED) is 0.810. The van der Waals surface area contributed by atoms with E-state index in [2.05, 4.69) is 27.1 Å². The smallest absolute Gasteiger partial charge is 0.323 e. The second-order valence-corrected chi connectivity index (χ2v) is 6.22. The van der Waals surface area contributed by atoms with Crippen molar-refractivity contribution in [2.45, 2.75) is 32.7 Å². The van der Waals surface area contributed by atoms with E-state index in [-0.39, 0.29) is 17.6 Å². The third-order valence-electron chi connectivity index (χ3n) is 4.53. The highest BCUT2D eigenvalue weighted by molar-refractivity contribution is 5.96. The molecular weight excluding hydrogens is 280 g/mol. The maximum Gasteiger partial charge on any atom is 0.323 e. The molecule has 1 aliphatic rings. The number of amides is 1. The fraction of sp³-hybridized carbons (Fsp3) is 0.500. The zero-order valence-electron chi connectivity index (χ0n) is 13.0. The lowest BCUT2D eigenvalue weighted by molar-refractivity contribution is -0.121. The monoisotopic (exact) mass is 302 g/mol. The fourth-order valence-electron chi connectivity index (χ4n) is 2.94. The van der Waals surface area contributed by atoms with E-state index >= 15 is 0 Å². The van der Waals surface area contributed by atoms with Crippen LogP contribution in [0.15, 0.2) is 23.0 Å². The standard InChI is InChI=1S/C16H22N4O2/c1-10-5-7-20(8-6-10)11(2)15(21)17-12-3-4-13-14(9-12)19-16(22)18-13/h3-4,9-11H,5-8H2,1-2H3,(H,17,21)(H2,18,19,22). The van der Waals surface area contributed by atoms with Gasteiger partial charge in [0.25, 0.3) is 0 Å². The molecule has 1 aromatic heterocycles. The number of benzene rings is 1. The van der Waals surface area contributed by atoms with Crippen molar-refractivity contribution in [3.05, 3.63) is 28.7 Å². The van der Waals surface area contributed by atoms with Crippen LogP contribution < -0.4 is 11.0 Å². The third kappa shape index (κ3) is 3.06. The van der Waals surface area contributed by atoms with Gasteiger partial charge in [0.1, 0.15) is 0 Å². The molecule has 1 aromatic carbocycles. The van der Waals surface area contributed by atoms with Gasteiger partial charge in [0.05, 0.1) is 17.1 Å². The molecule has 0 bridgehead atoms. The second-order valence-electron chi connectivity index (χ2n) is 6.22. The van der Waals surface area contributed by atoms with Crippen molar-refractivity contribution >= 4 is 22.6 Å². The number of nitrogens with one attached hydrogen (secondary N) is 3. The number of likely N-dealkylation sites (tertiary alicyclic amines) is 1. The molecule has 1 amide bonds. The van der Waals surface area contributed by atoms with Gasteiger partial charge in [-0.05, 0) is 57.0 Å². The van der Waals surface area contributed by atoms with Crippen LogP contribution in [0.25, 0.3) is 11.0 Å². The Hall–Kier alpha value is -2.08. The van der Waals surface area contributed by atoms with Crippen molar-refractivity contribution in [1.29, 1.82) is 0 Å². The summed E-state index contributed by atoms with van der Waals surface area (Å²) in [6, 6.07) is 5.22. The number of rotatable bonds is 3. The summed E-state index contributed by atoms with van der Waals surface area (Å²) < 4.78 is 0. The minimum absolute atomic E-state index is 0.00761. The van der Waals surface area contributed by atoms with Gasteiger partial charge in [0.2, 0.25) is 5.91 Å². The number of fused-ring (bicyclic) bond motifs is 1. The van der Waals surface area contributed by atoms with Gasteiger partial charge in [-0.15, -0.1) is 0 Å². The molecule has 118 valence electrons. The molecule has 1 atom stereocenters. The van der Waals surface area contributed by atoms with Crippen LogP contribution in [-0.2, 0) is 4.79 Å². The number of aromatic amines is 2. The Morgan fingerprint density at radius 3 is 2.68 bits per heavy atom. The van der Waals surface area contributed by atoms with Gasteiger partial charge >= 0.3 is 5.69 Å². The topological polar surface area (TPSA) is 81.0 Å². The van der Waals surface area contributed by atoms with Gasteiger partial charge in [-0.2, -0.15) is 0 Å². The van der Waals surface area contributed by atoms with Crippen LogP contribution in [-0.4, -0.2) is 39.9 Å². The van der Waals surface area contributed by atoms with Crippen LogP contribution in [0.4, 0.5) is 5.69 Å². The highest BCUT2D eigenvalue weighted by atomic mass is 16.2. The molecule has 2 aromatic rings. The van der Waals surface area contributed by atoms with Crippen LogP contribution >= 0.6 is 0 Å². The summed E-state index contributed by atoms with van der Waals surface area (Å²) in [6.07, 6.45) is 2.29. The maximum atomic E-state index is 12.4. The Morgan fingerprint density at radius 1 is 1.27 bits per heavy atom. The Kier molecular flexibility index (Phi) is 4.02. The van der Waals surface area contributed by atoms with Gasteiger partial charge in [0, 0.05) is 5.69 Å². The third-order valence-corrected chi connectivity index (χ3v) is 4.53. The van der Waals surface area contributed by atoms with E-state index in [9.17, 15) is 9.59 Å². The van der Waals surface area contributed by atoms with E-state index in [1.165, 1.54) is 0 Å². The van der Waals surface area contributed by atoms with Crippen LogP contribution in [0, 0.1) is 5.92 Å². The number of hydrogen-bond acceptors (Lipinski definition) is 3. The number of H-pyrrole nitrogens is 2. The molecule has 0 saturated carbocycles. The SMILES string of the molecule is CC1CCN(C(C)C(=O)Nc2ccc3[nH]c(=O)[nH]c3c2)CC1. The fourth-order valence-corrected chi connectivity index (χ4v) is 2.94. The van der Waals surface area contributed by atoms with Crippen LogP contribution in [0.5, 0.6) is 0 Å². The molecule has 1 aliphatic heterocycles. The molecule has 6 nitrogen and oxygen atoms in total. The van der Waals surface area contributed by atoms with E-state index < -0.39 is 0 Å². The first kappa shape index (κ1) is 14.8. The summed E-state index contributed by atoms with van der Waals surface area (Å²) in [5.74, 6) is 0.742. The lowest BCUT2D eigenvalue weighted by atomic mass is 9.98. The number of imidazole rings is 1. The molecule has 3 rings (SSSR count). The summed E-state index contributed by atoms with van der Waals surface area (Å²) in [7, 11) is 0. The number of carbonyl (C=O) groups is 1. The average Bonchev–Trinajstić information content (AvgIpc) is 2.86. The number of anilines is 1. The predicted octanol–water partition coefficient (Wildman–Crippen LogP) is 1.92. The lowest BCUT2D eigenvalue weighted by Crippen LogP contribution is -2.45. The lowest BCUT2D eigenvalue weighted by Gasteiger charge is -2.34. The van der Waals surface area contributed by atoms with E-state index in [1.807, 2.05) is 6.92 Å². The van der Waals surface area contributed by atoms with E-state index in [1.54, 1.807) is 18.2 Å². The highest BCUT2D eigenvalue weighted by Gasteiger charge is 2.25. The van der Waals surface area contributed by atoms with Crippen LogP contribution in [0.3, 0.4) is 0 Å². The van der Waals surface area contributed by atoms with Gasteiger partial charge < -0.3 is 15.3 Å². The summed E-state index contributed by atoms with van der Waals surface area (Å²) in [5, 5.41) is 2.94. The maximum absolute atomic E-state index is 12.4. The van der Waals surface area contributed by atoms with Gasteiger partial charge in [0.15, 0.2) is 0 Å². The van der Waals surface area contributed by atoms with Crippen LogP contribution in [0.2, 0.25) is 0 Å². The Balaban J connectivity index is 1.68. The number of hydrogen-bond donors (Lipinski definition) is 3. The first-order valence-electron chi connectivity index (χ1n) is 7.80. The molecular formula is C16H22N4O2. The van der Waals surface area contributed by atoms with Gasteiger partial charge in [-0.25, -0.2) is 4.79 Å². The Morgan fingerprint density at radius 2 is 1.95 bits per heavy atom. The van der Waals surface area contributed by atoms with Crippen molar-refractivity contribution in [1.82, 2.24) is 14.9 Å². The van der Waals surface area contributed by atoms with Crippen molar-refractivity contribution in [3.8, 4) is 0 Å². The normalized spacial score (nSPS) is 18.5. The highest BCUT2D eigenvalue weighted by Crippen LogP contribution is 2.19. The summed E-state index contributed by atoms with van der Waals surface area (Å²) in [6.45, 7) is 6.15. The molecule has 2 heterocycles. The molecule has 1 unspecified atom stereocenters. The van der Waals surface area contributed by atoms with Crippen molar-refractivity contribution in [2.75, 3.05) is 18.4 Å². The summed E-state index contributed by atoms with van der Waals surface area (Å²) >= 11 is 0. The largest absolute Gasteiger partial charge is 0.325 e. The average molecular weight is 302 g/mol. The minimum Gasteiger partial charge on any atom is -0.325 e. The number of nitrogens with zero attached hydrogens (tertiary/aromatic N) is 1. The molecule has 0 spiro atoms. The van der Waals surface area contributed by atoms with E-state index in [0.717, 1.165) is 37.4 Å². The van der Waals surface area contributed by atoms with Crippen molar-refractivity contribution < 1.29 is 4.79 Å². The Bertz CT molecular complexity index is 725. The zero-order chi connectivity index (χ0) is 15.7. The first-order valence-corrected chi connectivity index (χ1v) is 7.80. The molecule has 0 radical (unpaired) electrons. The van der Waals surface area contributed by atoms with Crippen molar-refractivity contribution in [3.63, 3.8) is 0 Å². The first-order chi connectivity index (χ1) is 10.5.